The topological polar surface area (TPSA) is 29.3 Å². The molecule has 3 heteroatoms. The van der Waals surface area contributed by atoms with Gasteiger partial charge in [-0.05, 0) is 42.6 Å². The van der Waals surface area contributed by atoms with Gasteiger partial charge >= 0.3 is 0 Å². The second-order valence-corrected chi connectivity index (χ2v) is 6.28. The summed E-state index contributed by atoms with van der Waals surface area (Å²) in [5.41, 5.74) is 9.63. The summed E-state index contributed by atoms with van der Waals surface area (Å²) >= 11 is 3.62. The van der Waals surface area contributed by atoms with Crippen LogP contribution in [0.4, 0.5) is 0 Å². The Balaban J connectivity index is 2.06. The first-order chi connectivity index (χ1) is 10.2. The van der Waals surface area contributed by atoms with Crippen LogP contribution in [-0.2, 0) is 13.1 Å². The number of nitrogens with two attached hydrogens (primary N) is 1. The van der Waals surface area contributed by atoms with Crippen molar-refractivity contribution in [2.75, 3.05) is 13.1 Å². The van der Waals surface area contributed by atoms with Crippen LogP contribution in [0.5, 0.6) is 0 Å². The highest BCUT2D eigenvalue weighted by Crippen LogP contribution is 2.19. The lowest BCUT2D eigenvalue weighted by Crippen LogP contribution is -2.25. The number of benzene rings is 2. The van der Waals surface area contributed by atoms with Crippen molar-refractivity contribution in [2.24, 2.45) is 5.73 Å². The Morgan fingerprint density at radius 2 is 1.71 bits per heavy atom. The van der Waals surface area contributed by atoms with Crippen LogP contribution in [0.1, 0.15) is 23.1 Å². The molecule has 0 amide bonds. The highest BCUT2D eigenvalue weighted by molar-refractivity contribution is 9.10. The van der Waals surface area contributed by atoms with Gasteiger partial charge in [-0.1, -0.05) is 58.4 Å². The van der Waals surface area contributed by atoms with Gasteiger partial charge in [0.15, 0.2) is 0 Å². The maximum atomic E-state index is 5.67. The van der Waals surface area contributed by atoms with Crippen molar-refractivity contribution < 1.29 is 0 Å². The van der Waals surface area contributed by atoms with Crippen molar-refractivity contribution in [3.05, 3.63) is 69.7 Å². The lowest BCUT2D eigenvalue weighted by molar-refractivity contribution is 0.255. The third-order valence-electron chi connectivity index (χ3n) is 3.57. The van der Waals surface area contributed by atoms with E-state index in [4.69, 9.17) is 5.73 Å². The second kappa shape index (κ2) is 8.32. The molecule has 0 saturated carbocycles. The summed E-state index contributed by atoms with van der Waals surface area (Å²) in [7, 11) is 0. The minimum absolute atomic E-state index is 0.739. The van der Waals surface area contributed by atoms with E-state index >= 15 is 0 Å². The van der Waals surface area contributed by atoms with Crippen molar-refractivity contribution in [1.82, 2.24) is 4.90 Å². The van der Waals surface area contributed by atoms with Gasteiger partial charge in [-0.15, -0.1) is 0 Å². The fraction of sp³-hybridized carbons (Fsp3) is 0.333. The molecule has 0 aromatic heterocycles. The number of hydrogen-bond donors (Lipinski definition) is 1. The molecular formula is C18H23BrN2. The van der Waals surface area contributed by atoms with Gasteiger partial charge in [0, 0.05) is 24.1 Å². The normalized spacial score (nSPS) is 11.0. The van der Waals surface area contributed by atoms with E-state index in [1.807, 2.05) is 0 Å². The summed E-state index contributed by atoms with van der Waals surface area (Å²) in [5.74, 6) is 0. The van der Waals surface area contributed by atoms with Crippen LogP contribution < -0.4 is 5.73 Å². The molecule has 0 heterocycles. The van der Waals surface area contributed by atoms with Crippen molar-refractivity contribution in [1.29, 1.82) is 0 Å². The predicted molar refractivity (Wildman–Crippen MR) is 93.1 cm³/mol. The molecular weight excluding hydrogens is 324 g/mol. The van der Waals surface area contributed by atoms with Crippen molar-refractivity contribution >= 4 is 15.9 Å². The van der Waals surface area contributed by atoms with Crippen molar-refractivity contribution in [2.45, 2.75) is 26.4 Å². The molecule has 0 aliphatic rings. The van der Waals surface area contributed by atoms with Gasteiger partial charge in [0.25, 0.3) is 0 Å². The van der Waals surface area contributed by atoms with Crippen molar-refractivity contribution in [3.8, 4) is 0 Å². The van der Waals surface area contributed by atoms with Gasteiger partial charge < -0.3 is 5.73 Å². The minimum Gasteiger partial charge on any atom is -0.330 e. The molecule has 2 nitrogen and oxygen atoms in total. The fourth-order valence-electron chi connectivity index (χ4n) is 2.36. The first-order valence-corrected chi connectivity index (χ1v) is 8.19. The summed E-state index contributed by atoms with van der Waals surface area (Å²) in [5, 5.41) is 0. The van der Waals surface area contributed by atoms with Gasteiger partial charge in [0.2, 0.25) is 0 Å². The first kappa shape index (κ1) is 16.2. The zero-order chi connectivity index (χ0) is 15.1. The van der Waals surface area contributed by atoms with Crippen LogP contribution in [0.15, 0.2) is 53.0 Å². The lowest BCUT2D eigenvalue weighted by Gasteiger charge is -2.22. The van der Waals surface area contributed by atoms with Crippen LogP contribution in [0.3, 0.4) is 0 Å². The maximum Gasteiger partial charge on any atom is 0.0237 e. The van der Waals surface area contributed by atoms with Crippen LogP contribution in [0, 0.1) is 6.92 Å². The van der Waals surface area contributed by atoms with E-state index in [0.717, 1.165) is 32.6 Å². The maximum absolute atomic E-state index is 5.67. The third kappa shape index (κ3) is 5.27. The molecule has 0 aliphatic carbocycles. The minimum atomic E-state index is 0.739. The zero-order valence-corrected chi connectivity index (χ0v) is 14.1. The Morgan fingerprint density at radius 1 is 1.00 bits per heavy atom. The smallest absolute Gasteiger partial charge is 0.0237 e. The van der Waals surface area contributed by atoms with E-state index in [2.05, 4.69) is 76.3 Å². The number of rotatable bonds is 7. The molecule has 0 saturated heterocycles. The molecule has 0 unspecified atom stereocenters. The lowest BCUT2D eigenvalue weighted by atomic mass is 10.1. The average Bonchev–Trinajstić information content (AvgIpc) is 2.49. The molecule has 0 spiro atoms. The van der Waals surface area contributed by atoms with Gasteiger partial charge in [-0.25, -0.2) is 0 Å². The van der Waals surface area contributed by atoms with Crippen molar-refractivity contribution in [3.63, 3.8) is 0 Å². The largest absolute Gasteiger partial charge is 0.330 e. The molecule has 2 aromatic rings. The monoisotopic (exact) mass is 346 g/mol. The average molecular weight is 347 g/mol. The molecule has 21 heavy (non-hydrogen) atoms. The van der Waals surface area contributed by atoms with Crippen LogP contribution in [0.25, 0.3) is 0 Å². The van der Waals surface area contributed by atoms with E-state index in [9.17, 15) is 0 Å². The number of hydrogen-bond acceptors (Lipinski definition) is 2. The summed E-state index contributed by atoms with van der Waals surface area (Å²) in [6.07, 6.45) is 1.03. The molecule has 0 aliphatic heterocycles. The molecule has 2 aromatic carbocycles. The summed E-state index contributed by atoms with van der Waals surface area (Å²) in [6, 6.07) is 17.2. The van der Waals surface area contributed by atoms with Gasteiger partial charge in [0.1, 0.15) is 0 Å². The molecule has 0 atom stereocenters. The highest BCUT2D eigenvalue weighted by atomic mass is 79.9. The molecule has 2 rings (SSSR count). The molecule has 2 N–H and O–H groups in total. The Hall–Kier alpha value is -1.16. The predicted octanol–water partition coefficient (Wildman–Crippen LogP) is 4.11. The Labute approximate surface area is 136 Å². The summed E-state index contributed by atoms with van der Waals surface area (Å²) < 4.78 is 1.18. The fourth-order valence-corrected chi connectivity index (χ4v) is 2.79. The summed E-state index contributed by atoms with van der Waals surface area (Å²) in [4.78, 5) is 2.46. The van der Waals surface area contributed by atoms with E-state index in [0.29, 0.717) is 0 Å². The Morgan fingerprint density at radius 3 is 2.38 bits per heavy atom. The van der Waals surface area contributed by atoms with Gasteiger partial charge in [-0.3, -0.25) is 4.90 Å². The number of halogens is 1. The second-order valence-electron chi connectivity index (χ2n) is 5.42. The first-order valence-electron chi connectivity index (χ1n) is 7.40. The molecule has 0 radical (unpaired) electrons. The van der Waals surface area contributed by atoms with E-state index in [-0.39, 0.29) is 0 Å². The van der Waals surface area contributed by atoms with Gasteiger partial charge in [0.05, 0.1) is 0 Å². The number of nitrogens with zero attached hydrogens (tertiary/aromatic N) is 1. The third-order valence-corrected chi connectivity index (χ3v) is 4.42. The summed E-state index contributed by atoms with van der Waals surface area (Å²) in [6.45, 7) is 5.80. The van der Waals surface area contributed by atoms with Crippen LogP contribution in [-0.4, -0.2) is 18.0 Å². The van der Waals surface area contributed by atoms with Gasteiger partial charge in [-0.2, -0.15) is 0 Å². The number of aryl methyl sites for hydroxylation is 1. The molecule has 0 fully saturated rings. The van der Waals surface area contributed by atoms with E-state index in [1.165, 1.54) is 21.2 Å². The van der Waals surface area contributed by atoms with E-state index < -0.39 is 0 Å². The quantitative estimate of drug-likeness (QED) is 0.817. The SMILES string of the molecule is Cc1ccc(CN(CCCN)Cc2ccccc2)cc1Br. The zero-order valence-electron chi connectivity index (χ0n) is 12.6. The van der Waals surface area contributed by atoms with Crippen LogP contribution >= 0.6 is 15.9 Å². The standard InChI is InChI=1S/C18H23BrN2/c1-15-8-9-17(12-18(15)19)14-21(11-5-10-20)13-16-6-3-2-4-7-16/h2-4,6-9,12H,5,10-11,13-14,20H2,1H3. The molecule has 112 valence electrons. The highest BCUT2D eigenvalue weighted by Gasteiger charge is 2.07. The Kier molecular flexibility index (Phi) is 6.43. The Bertz CT molecular complexity index is 554. The van der Waals surface area contributed by atoms with Crippen LogP contribution in [0.2, 0.25) is 0 Å². The molecule has 0 bridgehead atoms. The van der Waals surface area contributed by atoms with E-state index in [1.54, 1.807) is 0 Å².